The van der Waals surface area contributed by atoms with E-state index in [0.29, 0.717) is 23.2 Å². The van der Waals surface area contributed by atoms with Crippen LogP contribution in [0.1, 0.15) is 24.2 Å². The molecule has 2 rings (SSSR count). The van der Waals surface area contributed by atoms with E-state index in [-0.39, 0.29) is 5.97 Å². The summed E-state index contributed by atoms with van der Waals surface area (Å²) < 4.78 is 6.06. The Bertz CT molecular complexity index is 548. The normalized spacial score (nSPS) is 11.0. The molecule has 5 heteroatoms. The van der Waals surface area contributed by atoms with E-state index in [9.17, 15) is 4.79 Å². The van der Waals surface area contributed by atoms with Crippen LogP contribution in [-0.4, -0.2) is 17.6 Å². The van der Waals surface area contributed by atoms with Gasteiger partial charge in [0.2, 0.25) is 0 Å². The van der Waals surface area contributed by atoms with Crippen molar-refractivity contribution in [2.75, 3.05) is 12.3 Å². The number of esters is 1. The predicted molar refractivity (Wildman–Crippen MR) is 69.2 cm³/mol. The number of hydrogen-bond donors (Lipinski definition) is 1. The molecule has 0 amide bonds. The minimum Gasteiger partial charge on any atom is -0.462 e. The van der Waals surface area contributed by atoms with E-state index < -0.39 is 0 Å². The van der Waals surface area contributed by atoms with Crippen LogP contribution in [0.25, 0.3) is 10.2 Å². The van der Waals surface area contributed by atoms with Gasteiger partial charge >= 0.3 is 5.97 Å². The Labute approximate surface area is 103 Å². The van der Waals surface area contributed by atoms with Crippen LogP contribution in [0.15, 0.2) is 18.2 Å². The second kappa shape index (κ2) is 4.71. The highest BCUT2D eigenvalue weighted by molar-refractivity contribution is 7.22. The van der Waals surface area contributed by atoms with Crippen molar-refractivity contribution < 1.29 is 9.53 Å². The van der Waals surface area contributed by atoms with Crippen LogP contribution >= 0.6 is 11.3 Å². The quantitative estimate of drug-likeness (QED) is 0.850. The van der Waals surface area contributed by atoms with Gasteiger partial charge < -0.3 is 10.5 Å². The Kier molecular flexibility index (Phi) is 3.28. The Balaban J connectivity index is 2.20. The molecule has 0 fully saturated rings. The van der Waals surface area contributed by atoms with E-state index in [1.807, 2.05) is 13.8 Å². The third-order valence-corrected chi connectivity index (χ3v) is 3.04. The second-order valence-electron chi connectivity index (χ2n) is 4.23. The van der Waals surface area contributed by atoms with E-state index in [1.54, 1.807) is 18.2 Å². The van der Waals surface area contributed by atoms with Crippen molar-refractivity contribution >= 4 is 32.7 Å². The van der Waals surface area contributed by atoms with Gasteiger partial charge in [-0.25, -0.2) is 9.78 Å². The van der Waals surface area contributed by atoms with Gasteiger partial charge in [0.05, 0.1) is 22.4 Å². The molecular weight excluding hydrogens is 236 g/mol. The summed E-state index contributed by atoms with van der Waals surface area (Å²) in [7, 11) is 0. The largest absolute Gasteiger partial charge is 0.462 e. The van der Waals surface area contributed by atoms with Crippen molar-refractivity contribution in [2.24, 2.45) is 5.92 Å². The molecule has 0 aliphatic carbocycles. The van der Waals surface area contributed by atoms with Crippen LogP contribution in [0.4, 0.5) is 5.13 Å². The van der Waals surface area contributed by atoms with Crippen molar-refractivity contribution in [1.82, 2.24) is 4.98 Å². The van der Waals surface area contributed by atoms with Crippen LogP contribution in [0, 0.1) is 5.92 Å². The number of ether oxygens (including phenoxy) is 1. The number of aromatic nitrogens is 1. The first-order chi connectivity index (χ1) is 8.06. The first-order valence-corrected chi connectivity index (χ1v) is 6.21. The van der Waals surface area contributed by atoms with Crippen LogP contribution < -0.4 is 5.73 Å². The Morgan fingerprint density at radius 1 is 1.53 bits per heavy atom. The number of benzene rings is 1. The zero-order valence-corrected chi connectivity index (χ0v) is 10.6. The predicted octanol–water partition coefficient (Wildman–Crippen LogP) is 2.69. The molecule has 1 aromatic carbocycles. The lowest BCUT2D eigenvalue weighted by Gasteiger charge is -2.06. The number of carbonyl (C=O) groups is 1. The van der Waals surface area contributed by atoms with Gasteiger partial charge in [-0.1, -0.05) is 25.2 Å². The number of nitrogen functional groups attached to an aromatic ring is 1. The summed E-state index contributed by atoms with van der Waals surface area (Å²) in [5, 5.41) is 0.507. The van der Waals surface area contributed by atoms with Crippen LogP contribution in [0.5, 0.6) is 0 Å². The molecule has 4 nitrogen and oxygen atoms in total. The van der Waals surface area contributed by atoms with Gasteiger partial charge in [0.15, 0.2) is 5.13 Å². The summed E-state index contributed by atoms with van der Waals surface area (Å²) in [6, 6.07) is 5.27. The van der Waals surface area contributed by atoms with Crippen molar-refractivity contribution in [3.05, 3.63) is 23.8 Å². The maximum absolute atomic E-state index is 11.7. The molecule has 0 aliphatic rings. The van der Waals surface area contributed by atoms with Gasteiger partial charge in [0.25, 0.3) is 0 Å². The topological polar surface area (TPSA) is 65.2 Å². The molecule has 0 radical (unpaired) electrons. The van der Waals surface area contributed by atoms with Gasteiger partial charge in [-0.3, -0.25) is 0 Å². The number of thiazole rings is 1. The molecule has 17 heavy (non-hydrogen) atoms. The van der Waals surface area contributed by atoms with Crippen molar-refractivity contribution in [2.45, 2.75) is 13.8 Å². The Morgan fingerprint density at radius 3 is 3.00 bits per heavy atom. The number of anilines is 1. The summed E-state index contributed by atoms with van der Waals surface area (Å²) in [6.07, 6.45) is 0. The number of nitrogens with two attached hydrogens (primary N) is 1. The highest BCUT2D eigenvalue weighted by atomic mass is 32.1. The monoisotopic (exact) mass is 250 g/mol. The molecule has 0 saturated heterocycles. The number of rotatable bonds is 3. The summed E-state index contributed by atoms with van der Waals surface area (Å²) in [5.41, 5.74) is 6.96. The first kappa shape index (κ1) is 11.9. The van der Waals surface area contributed by atoms with Gasteiger partial charge in [-0.05, 0) is 24.1 Å². The van der Waals surface area contributed by atoms with E-state index >= 15 is 0 Å². The third-order valence-electron chi connectivity index (χ3n) is 2.19. The molecule has 0 aliphatic heterocycles. The number of nitrogens with zero attached hydrogens (tertiary/aromatic N) is 1. The minimum absolute atomic E-state index is 0.299. The van der Waals surface area contributed by atoms with Crippen molar-refractivity contribution in [3.63, 3.8) is 0 Å². The molecule has 0 saturated carbocycles. The number of hydrogen-bond acceptors (Lipinski definition) is 5. The SMILES string of the molecule is CC(C)COC(=O)c1ccc2nc(N)sc2c1. The van der Waals surface area contributed by atoms with Crippen molar-refractivity contribution in [1.29, 1.82) is 0 Å². The lowest BCUT2D eigenvalue weighted by molar-refractivity contribution is 0.0459. The van der Waals surface area contributed by atoms with Crippen molar-refractivity contribution in [3.8, 4) is 0 Å². The maximum atomic E-state index is 11.7. The van der Waals surface area contributed by atoms with Crippen LogP contribution in [0.2, 0.25) is 0 Å². The minimum atomic E-state index is -0.299. The summed E-state index contributed by atoms with van der Waals surface area (Å²) in [5.74, 6) is 0.0364. The molecule has 0 atom stereocenters. The average molecular weight is 250 g/mol. The fourth-order valence-corrected chi connectivity index (χ4v) is 2.17. The highest BCUT2D eigenvalue weighted by Gasteiger charge is 2.10. The molecule has 1 heterocycles. The highest BCUT2D eigenvalue weighted by Crippen LogP contribution is 2.24. The molecule has 90 valence electrons. The summed E-state index contributed by atoms with van der Waals surface area (Å²) >= 11 is 1.37. The van der Waals surface area contributed by atoms with Gasteiger partial charge in [0.1, 0.15) is 0 Å². The van der Waals surface area contributed by atoms with Gasteiger partial charge in [0, 0.05) is 0 Å². The number of carbonyl (C=O) groups excluding carboxylic acids is 1. The fraction of sp³-hybridized carbons (Fsp3) is 0.333. The maximum Gasteiger partial charge on any atom is 0.338 e. The average Bonchev–Trinajstić information content (AvgIpc) is 2.64. The molecule has 1 aromatic heterocycles. The second-order valence-corrected chi connectivity index (χ2v) is 5.29. The smallest absolute Gasteiger partial charge is 0.338 e. The van der Waals surface area contributed by atoms with Crippen LogP contribution in [0.3, 0.4) is 0 Å². The van der Waals surface area contributed by atoms with E-state index in [0.717, 1.165) is 10.2 Å². The van der Waals surface area contributed by atoms with Crippen LogP contribution in [-0.2, 0) is 4.74 Å². The van der Waals surface area contributed by atoms with E-state index in [2.05, 4.69) is 4.98 Å². The van der Waals surface area contributed by atoms with E-state index in [4.69, 9.17) is 10.5 Å². The molecular formula is C12H14N2O2S. The molecule has 0 bridgehead atoms. The van der Waals surface area contributed by atoms with Gasteiger partial charge in [-0.2, -0.15) is 0 Å². The van der Waals surface area contributed by atoms with E-state index in [1.165, 1.54) is 11.3 Å². The van der Waals surface area contributed by atoms with Gasteiger partial charge in [-0.15, -0.1) is 0 Å². The molecule has 0 unspecified atom stereocenters. The molecule has 2 aromatic rings. The first-order valence-electron chi connectivity index (χ1n) is 5.39. The lowest BCUT2D eigenvalue weighted by Crippen LogP contribution is -2.09. The zero-order valence-electron chi connectivity index (χ0n) is 9.77. The number of fused-ring (bicyclic) bond motifs is 1. The standard InChI is InChI=1S/C12H14N2O2S/c1-7(2)6-16-11(15)8-3-4-9-10(5-8)17-12(13)14-9/h3-5,7H,6H2,1-2H3,(H2,13,14). The Hall–Kier alpha value is -1.62. The fourth-order valence-electron chi connectivity index (χ4n) is 1.40. The summed E-state index contributed by atoms with van der Waals surface area (Å²) in [6.45, 7) is 4.43. The zero-order chi connectivity index (χ0) is 12.4. The summed E-state index contributed by atoms with van der Waals surface area (Å²) in [4.78, 5) is 15.9. The lowest BCUT2D eigenvalue weighted by atomic mass is 10.2. The molecule has 0 spiro atoms. The molecule has 2 N–H and O–H groups in total. The third kappa shape index (κ3) is 2.74. The Morgan fingerprint density at radius 2 is 2.29 bits per heavy atom.